The van der Waals surface area contributed by atoms with Gasteiger partial charge in [0.15, 0.2) is 0 Å². The Hall–Kier alpha value is -3.48. The number of aromatic nitrogens is 3. The molecular formula is C26H28ClN5O. The molecule has 4 aromatic rings. The van der Waals surface area contributed by atoms with Crippen LogP contribution in [-0.2, 0) is 13.1 Å². The molecule has 6 nitrogen and oxygen atoms in total. The highest BCUT2D eigenvalue weighted by Gasteiger charge is 2.12. The minimum atomic E-state index is -0.0298. The third kappa shape index (κ3) is 6.28. The van der Waals surface area contributed by atoms with Crippen LogP contribution in [0.25, 0.3) is 16.9 Å². The van der Waals surface area contributed by atoms with Crippen LogP contribution < -0.4 is 10.6 Å². The van der Waals surface area contributed by atoms with Gasteiger partial charge in [0.1, 0.15) is 0 Å². The van der Waals surface area contributed by atoms with Crippen molar-refractivity contribution >= 4 is 18.3 Å². The minimum absolute atomic E-state index is 0. The number of rotatable bonds is 9. The molecule has 0 aliphatic carbocycles. The lowest BCUT2D eigenvalue weighted by molar-refractivity contribution is 0.0953. The standard InChI is InChI=1S/C26H27N5O.ClH/c1-2-13-29-26(32)22-8-6-7-20(16-22)17-28-18-23-19-31(24-9-4-3-5-10-24)30-25(23)21-11-14-27-15-12-21;/h3-12,14-16,19,28H,2,13,17-18H2,1H3,(H,29,32);1H. The van der Waals surface area contributed by atoms with E-state index in [9.17, 15) is 4.79 Å². The van der Waals surface area contributed by atoms with E-state index in [-0.39, 0.29) is 18.3 Å². The molecule has 2 heterocycles. The fraction of sp³-hybridized carbons (Fsp3) is 0.192. The van der Waals surface area contributed by atoms with Gasteiger partial charge in [0.05, 0.1) is 11.4 Å². The van der Waals surface area contributed by atoms with Crippen LogP contribution in [0.3, 0.4) is 0 Å². The van der Waals surface area contributed by atoms with Gasteiger partial charge in [0, 0.05) is 54.9 Å². The number of para-hydroxylation sites is 1. The van der Waals surface area contributed by atoms with Gasteiger partial charge in [-0.15, -0.1) is 12.4 Å². The summed E-state index contributed by atoms with van der Waals surface area (Å²) >= 11 is 0. The first-order valence-corrected chi connectivity index (χ1v) is 10.9. The van der Waals surface area contributed by atoms with E-state index in [1.54, 1.807) is 12.4 Å². The van der Waals surface area contributed by atoms with Crippen LogP contribution in [0.15, 0.2) is 85.3 Å². The number of carbonyl (C=O) groups excluding carboxylic acids is 1. The van der Waals surface area contributed by atoms with Crippen LogP contribution in [0.2, 0.25) is 0 Å². The zero-order chi connectivity index (χ0) is 22.2. The van der Waals surface area contributed by atoms with Crippen molar-refractivity contribution in [3.05, 3.63) is 102 Å². The topological polar surface area (TPSA) is 71.8 Å². The van der Waals surface area contributed by atoms with Gasteiger partial charge in [-0.2, -0.15) is 5.10 Å². The van der Waals surface area contributed by atoms with Crippen molar-refractivity contribution in [2.45, 2.75) is 26.4 Å². The molecule has 0 fully saturated rings. The van der Waals surface area contributed by atoms with E-state index in [0.29, 0.717) is 25.2 Å². The lowest BCUT2D eigenvalue weighted by atomic mass is 10.1. The summed E-state index contributed by atoms with van der Waals surface area (Å²) in [5, 5.41) is 11.3. The van der Waals surface area contributed by atoms with Crippen molar-refractivity contribution in [1.82, 2.24) is 25.4 Å². The number of halogens is 1. The summed E-state index contributed by atoms with van der Waals surface area (Å²) in [6.45, 7) is 4.03. The SMILES string of the molecule is CCCNC(=O)c1cccc(CNCc2cn(-c3ccccc3)nc2-c2ccncc2)c1.Cl. The van der Waals surface area contributed by atoms with Gasteiger partial charge in [-0.1, -0.05) is 37.3 Å². The van der Waals surface area contributed by atoms with Gasteiger partial charge in [0.2, 0.25) is 0 Å². The third-order valence-electron chi connectivity index (χ3n) is 5.13. The predicted octanol–water partition coefficient (Wildman–Crippen LogP) is 4.79. The number of pyridine rings is 1. The third-order valence-corrected chi connectivity index (χ3v) is 5.13. The van der Waals surface area contributed by atoms with Gasteiger partial charge < -0.3 is 10.6 Å². The Morgan fingerprint density at radius 2 is 1.76 bits per heavy atom. The number of nitrogens with zero attached hydrogens (tertiary/aromatic N) is 3. The molecule has 0 atom stereocenters. The highest BCUT2D eigenvalue weighted by Crippen LogP contribution is 2.23. The second kappa shape index (κ2) is 11.9. The zero-order valence-electron chi connectivity index (χ0n) is 18.6. The molecule has 1 amide bonds. The fourth-order valence-electron chi connectivity index (χ4n) is 3.51. The van der Waals surface area contributed by atoms with Gasteiger partial charge in [-0.3, -0.25) is 9.78 Å². The Bertz CT molecular complexity index is 1160. The summed E-state index contributed by atoms with van der Waals surface area (Å²) in [4.78, 5) is 16.4. The number of nitrogens with one attached hydrogen (secondary N) is 2. The van der Waals surface area contributed by atoms with Crippen LogP contribution in [-0.4, -0.2) is 27.2 Å². The molecule has 0 spiro atoms. The predicted molar refractivity (Wildman–Crippen MR) is 134 cm³/mol. The Kier molecular flexibility index (Phi) is 8.75. The molecule has 0 saturated heterocycles. The van der Waals surface area contributed by atoms with E-state index in [0.717, 1.165) is 34.5 Å². The molecule has 7 heteroatoms. The molecule has 33 heavy (non-hydrogen) atoms. The smallest absolute Gasteiger partial charge is 0.251 e. The van der Waals surface area contributed by atoms with Crippen LogP contribution in [0.1, 0.15) is 34.8 Å². The second-order valence-electron chi connectivity index (χ2n) is 7.58. The zero-order valence-corrected chi connectivity index (χ0v) is 19.4. The highest BCUT2D eigenvalue weighted by molar-refractivity contribution is 5.94. The summed E-state index contributed by atoms with van der Waals surface area (Å²) in [6.07, 6.45) is 6.54. The number of amides is 1. The average Bonchev–Trinajstić information content (AvgIpc) is 3.28. The largest absolute Gasteiger partial charge is 0.352 e. The number of hydrogen-bond acceptors (Lipinski definition) is 4. The Morgan fingerprint density at radius 3 is 2.52 bits per heavy atom. The maximum absolute atomic E-state index is 12.2. The number of benzene rings is 2. The highest BCUT2D eigenvalue weighted by atomic mass is 35.5. The molecule has 0 saturated carbocycles. The first-order chi connectivity index (χ1) is 15.7. The van der Waals surface area contributed by atoms with Crippen LogP contribution in [0.4, 0.5) is 0 Å². The Balaban J connectivity index is 0.00000306. The van der Waals surface area contributed by atoms with Crippen LogP contribution in [0, 0.1) is 0 Å². The van der Waals surface area contributed by atoms with Crippen molar-refractivity contribution in [1.29, 1.82) is 0 Å². The van der Waals surface area contributed by atoms with Gasteiger partial charge >= 0.3 is 0 Å². The molecule has 0 radical (unpaired) electrons. The summed E-state index contributed by atoms with van der Waals surface area (Å²) in [5.74, 6) is -0.0298. The molecule has 0 bridgehead atoms. The fourth-order valence-corrected chi connectivity index (χ4v) is 3.51. The molecule has 2 aromatic carbocycles. The second-order valence-corrected chi connectivity index (χ2v) is 7.58. The van der Waals surface area contributed by atoms with Crippen molar-refractivity contribution in [2.75, 3.05) is 6.54 Å². The van der Waals surface area contributed by atoms with Crippen molar-refractivity contribution in [2.24, 2.45) is 0 Å². The van der Waals surface area contributed by atoms with E-state index in [1.807, 2.05) is 78.3 Å². The monoisotopic (exact) mass is 461 g/mol. The van der Waals surface area contributed by atoms with Gasteiger partial charge in [-0.05, 0) is 48.4 Å². The minimum Gasteiger partial charge on any atom is -0.352 e. The van der Waals surface area contributed by atoms with E-state index in [1.165, 1.54) is 0 Å². The maximum atomic E-state index is 12.2. The molecular weight excluding hydrogens is 434 g/mol. The lowest BCUT2D eigenvalue weighted by Crippen LogP contribution is -2.24. The van der Waals surface area contributed by atoms with E-state index >= 15 is 0 Å². The van der Waals surface area contributed by atoms with Crippen molar-refractivity contribution in [3.8, 4) is 16.9 Å². The van der Waals surface area contributed by atoms with E-state index in [4.69, 9.17) is 5.10 Å². The number of hydrogen-bond donors (Lipinski definition) is 2. The van der Waals surface area contributed by atoms with Crippen LogP contribution >= 0.6 is 12.4 Å². The van der Waals surface area contributed by atoms with E-state index < -0.39 is 0 Å². The maximum Gasteiger partial charge on any atom is 0.251 e. The number of carbonyl (C=O) groups is 1. The molecule has 0 unspecified atom stereocenters. The first-order valence-electron chi connectivity index (χ1n) is 10.9. The van der Waals surface area contributed by atoms with Gasteiger partial charge in [-0.25, -0.2) is 4.68 Å². The average molecular weight is 462 g/mol. The summed E-state index contributed by atoms with van der Waals surface area (Å²) in [6, 6.07) is 21.8. The molecule has 0 aliphatic rings. The quantitative estimate of drug-likeness (QED) is 0.376. The Labute approximate surface area is 200 Å². The summed E-state index contributed by atoms with van der Waals surface area (Å²) in [5.41, 5.74) is 5.82. The van der Waals surface area contributed by atoms with Gasteiger partial charge in [0.25, 0.3) is 5.91 Å². The molecule has 0 aliphatic heterocycles. The molecule has 4 rings (SSSR count). The van der Waals surface area contributed by atoms with Crippen molar-refractivity contribution in [3.63, 3.8) is 0 Å². The normalized spacial score (nSPS) is 10.5. The van der Waals surface area contributed by atoms with E-state index in [2.05, 4.69) is 21.8 Å². The van der Waals surface area contributed by atoms with Crippen molar-refractivity contribution < 1.29 is 4.79 Å². The molecule has 170 valence electrons. The molecule has 2 N–H and O–H groups in total. The first kappa shape index (κ1) is 24.2. The lowest BCUT2D eigenvalue weighted by Gasteiger charge is -2.08. The molecule has 2 aromatic heterocycles. The van der Waals surface area contributed by atoms with Crippen LogP contribution in [0.5, 0.6) is 0 Å². The summed E-state index contributed by atoms with van der Waals surface area (Å²) < 4.78 is 1.91. The Morgan fingerprint density at radius 1 is 0.970 bits per heavy atom. The summed E-state index contributed by atoms with van der Waals surface area (Å²) in [7, 11) is 0.